The molecule has 2 N–H and O–H groups in total. The molecule has 106 heavy (non-hydrogen) atoms. The fourth-order valence-electron chi connectivity index (χ4n) is 11.3. The van der Waals surface area contributed by atoms with Crippen LogP contribution in [0.5, 0.6) is 0 Å². The van der Waals surface area contributed by atoms with Crippen LogP contribution in [0, 0.1) is 0 Å². The number of H-pyrrole nitrogens is 2. The maximum absolute atomic E-state index is 4.30. The van der Waals surface area contributed by atoms with Crippen LogP contribution in [0.25, 0.3) is 65.4 Å². The molecule has 6 aromatic carbocycles. The molecule has 15 heteroatoms. The molecule has 0 amide bonds. The first-order chi connectivity index (χ1) is 49.6. The van der Waals surface area contributed by atoms with Crippen molar-refractivity contribution >= 4 is 82.9 Å². The number of aliphatic imine (C=N–C) groups is 1. The molecule has 0 aliphatic carbocycles. The molecule has 16 rings (SSSR count). The van der Waals surface area contributed by atoms with E-state index in [9.17, 15) is 0 Å². The summed E-state index contributed by atoms with van der Waals surface area (Å²) in [6, 6.07) is 51.1. The summed E-state index contributed by atoms with van der Waals surface area (Å²) >= 11 is 1.71. The number of benzene rings is 6. The smallest absolute Gasteiger partial charge is 0.155 e. The molecule has 0 bridgehead atoms. The van der Waals surface area contributed by atoms with Gasteiger partial charge in [-0.05, 0) is 178 Å². The number of pyridine rings is 3. The second-order valence-corrected chi connectivity index (χ2v) is 36.4. The third kappa shape index (κ3) is 22.0. The Bertz CT molecular complexity index is 4810. The summed E-state index contributed by atoms with van der Waals surface area (Å²) in [5.41, 5.74) is 26.2. The number of nitrogens with one attached hydrogen (secondary N) is 2. The number of thiazole rings is 1. The van der Waals surface area contributed by atoms with Gasteiger partial charge in [0.1, 0.15) is 12.0 Å². The number of imidazole rings is 2. The van der Waals surface area contributed by atoms with Crippen molar-refractivity contribution in [2.75, 3.05) is 0 Å². The molecule has 0 fully saturated rings. The minimum absolute atomic E-state index is 0.167. The predicted molar refractivity (Wildman–Crippen MR) is 449 cm³/mol. The lowest BCUT2D eigenvalue weighted by atomic mass is 9.85. The third-order valence-corrected chi connectivity index (χ3v) is 19.3. The second-order valence-electron chi connectivity index (χ2n) is 35.5. The number of aromatic nitrogens is 13. The van der Waals surface area contributed by atoms with Gasteiger partial charge in [-0.3, -0.25) is 25.0 Å². The maximum atomic E-state index is 4.30. The molecule has 0 unspecified atom stereocenters. The maximum Gasteiger partial charge on any atom is 0.155 e. The molecule has 0 saturated heterocycles. The highest BCUT2D eigenvalue weighted by molar-refractivity contribution is 7.16. The molecular formula is C91H112N14S. The average Bonchev–Trinajstić information content (AvgIpc) is 1.78. The Morgan fingerprint density at radius 1 is 0.377 bits per heavy atom. The van der Waals surface area contributed by atoms with Gasteiger partial charge >= 0.3 is 0 Å². The molecule has 10 heterocycles. The standard InChI is InChI=1S/C13H15N.C12H14N2.C12H15N.3C11H14N2.C11H13NS.C10H13N3/c1-13(2,3)11-6-7-12-10(9-11)5-4-8-14-12;1-12(2,3)9-4-5-10-11(8-9)14-7-6-13-10;1-12(2,3)11-5-4-9-7-13-8-10(9)6-11;1-11(2,3)9-5-4-8-7-12-13-10(8)6-9;1-11(2,3)8-4-5-9-10(6-8)13-7-12-9;1-11(2,3)9-4-5-10-12-6-7-13(10)8-9;1-11(2,3)8-4-5-9-10(6-8)13-7-12-9;1-10(2,3)8-4-5-9-11-7-12-13(9)6-8/h4-9H,1-3H3;4-8H,1-3H3;4-6,8H,7H2,1-3H3;2*4-7H,1-3H3,(H,12,13);4-8H,1-3H3;2*4-7H,1-3H3. The van der Waals surface area contributed by atoms with E-state index in [0.717, 1.165) is 56.5 Å². The lowest BCUT2D eigenvalue weighted by molar-refractivity contribution is 0.584. The van der Waals surface area contributed by atoms with Gasteiger partial charge in [0.05, 0.1) is 67.9 Å². The van der Waals surface area contributed by atoms with Crippen LogP contribution in [0.2, 0.25) is 0 Å². The van der Waals surface area contributed by atoms with E-state index in [1.807, 2.05) is 60.9 Å². The van der Waals surface area contributed by atoms with Crippen LogP contribution in [0.3, 0.4) is 0 Å². The van der Waals surface area contributed by atoms with Gasteiger partial charge in [-0.15, -0.1) is 11.3 Å². The molecule has 9 aromatic heterocycles. The zero-order valence-electron chi connectivity index (χ0n) is 67.3. The summed E-state index contributed by atoms with van der Waals surface area (Å²) in [5.74, 6) is 0. The molecule has 1 aliphatic rings. The first-order valence-corrected chi connectivity index (χ1v) is 37.6. The van der Waals surface area contributed by atoms with Crippen LogP contribution in [0.4, 0.5) is 0 Å². The number of aromatic amines is 2. The molecule has 0 spiro atoms. The minimum atomic E-state index is 0.167. The molecule has 1 aliphatic heterocycles. The number of hydrogen-bond acceptors (Lipinski definition) is 11. The van der Waals surface area contributed by atoms with Gasteiger partial charge in [0.15, 0.2) is 5.65 Å². The van der Waals surface area contributed by atoms with Crippen molar-refractivity contribution in [2.24, 2.45) is 4.99 Å². The van der Waals surface area contributed by atoms with Crippen LogP contribution < -0.4 is 0 Å². The topological polar surface area (TPSA) is 169 Å². The molecule has 552 valence electrons. The van der Waals surface area contributed by atoms with E-state index in [0.29, 0.717) is 0 Å². The Morgan fingerprint density at radius 3 is 1.53 bits per heavy atom. The lowest BCUT2D eigenvalue weighted by Crippen LogP contribution is -2.12. The third-order valence-electron chi connectivity index (χ3n) is 18.5. The van der Waals surface area contributed by atoms with Gasteiger partial charge in [0.2, 0.25) is 0 Å². The largest absolute Gasteiger partial charge is 0.345 e. The van der Waals surface area contributed by atoms with Crippen LogP contribution >= 0.6 is 11.3 Å². The van der Waals surface area contributed by atoms with E-state index < -0.39 is 0 Å². The van der Waals surface area contributed by atoms with Crippen LogP contribution in [0.1, 0.15) is 222 Å². The highest BCUT2D eigenvalue weighted by Gasteiger charge is 2.21. The monoisotopic (exact) mass is 1430 g/mol. The van der Waals surface area contributed by atoms with Crippen molar-refractivity contribution in [1.82, 2.24) is 64.1 Å². The Morgan fingerprint density at radius 2 is 0.887 bits per heavy atom. The number of hydrogen-bond donors (Lipinski definition) is 2. The fraction of sp³-hybridized carbons (Fsp3) is 0.363. The molecule has 0 radical (unpaired) electrons. The van der Waals surface area contributed by atoms with E-state index in [-0.39, 0.29) is 43.3 Å². The summed E-state index contributed by atoms with van der Waals surface area (Å²) in [6.45, 7) is 54.0. The summed E-state index contributed by atoms with van der Waals surface area (Å²) in [7, 11) is 0. The highest BCUT2D eigenvalue weighted by atomic mass is 32.1. The Kier molecular flexibility index (Phi) is 24.7. The number of fused-ring (bicyclic) bond motifs is 8. The first kappa shape index (κ1) is 80.0. The molecule has 15 aromatic rings. The van der Waals surface area contributed by atoms with Crippen molar-refractivity contribution < 1.29 is 0 Å². The van der Waals surface area contributed by atoms with E-state index in [1.54, 1.807) is 40.9 Å². The van der Waals surface area contributed by atoms with Crippen LogP contribution in [-0.2, 0) is 49.9 Å². The zero-order valence-corrected chi connectivity index (χ0v) is 68.1. The summed E-state index contributed by atoms with van der Waals surface area (Å²) in [5, 5.41) is 13.5. The van der Waals surface area contributed by atoms with Gasteiger partial charge in [0, 0.05) is 60.4 Å². The number of nitrogens with zero attached hydrogens (tertiary/aromatic N) is 12. The van der Waals surface area contributed by atoms with E-state index in [4.69, 9.17) is 0 Å². The minimum Gasteiger partial charge on any atom is -0.345 e. The van der Waals surface area contributed by atoms with Gasteiger partial charge in [-0.25, -0.2) is 24.5 Å². The average molecular weight is 1430 g/mol. The van der Waals surface area contributed by atoms with E-state index in [2.05, 4.69) is 364 Å². The molecular weight excluding hydrogens is 1320 g/mol. The van der Waals surface area contributed by atoms with E-state index >= 15 is 0 Å². The SMILES string of the molecule is CC(C)(C)c1ccc2c(c1)C=NC2.CC(C)(C)c1ccc2cn[nH]c2c1.CC(C)(C)c1ccc2nc[nH]c2c1.CC(C)(C)c1ccc2ncccc2c1.CC(C)(C)c1ccc2nccn2c1.CC(C)(C)c1ccc2nccnc2c1.CC(C)(C)c1ccc2ncnn2c1.CC(C)(C)c1ccc2ncsc2c1. The highest BCUT2D eigenvalue weighted by Crippen LogP contribution is 2.32. The van der Waals surface area contributed by atoms with Gasteiger partial charge < -0.3 is 9.38 Å². The zero-order chi connectivity index (χ0) is 77.2. The summed E-state index contributed by atoms with van der Waals surface area (Å²) < 4.78 is 5.15. The van der Waals surface area contributed by atoms with Gasteiger partial charge in [-0.2, -0.15) is 10.2 Å². The van der Waals surface area contributed by atoms with E-state index in [1.165, 1.54) is 71.1 Å². The number of rotatable bonds is 0. The van der Waals surface area contributed by atoms with Crippen LogP contribution in [0.15, 0.2) is 218 Å². The quantitative estimate of drug-likeness (QED) is 0.150. The van der Waals surface area contributed by atoms with Crippen molar-refractivity contribution in [2.45, 2.75) is 216 Å². The Labute approximate surface area is 633 Å². The van der Waals surface area contributed by atoms with Crippen molar-refractivity contribution in [3.05, 3.63) is 269 Å². The summed E-state index contributed by atoms with van der Waals surface area (Å²) in [6.07, 6.45) is 20.4. The molecule has 0 saturated carbocycles. The van der Waals surface area contributed by atoms with Crippen LogP contribution in [-0.4, -0.2) is 70.3 Å². The Hall–Kier alpha value is -10.1. The predicted octanol–water partition coefficient (Wildman–Crippen LogP) is 23.3. The lowest BCUT2D eigenvalue weighted by Gasteiger charge is -2.19. The fourth-order valence-corrected chi connectivity index (χ4v) is 12.0. The second kappa shape index (κ2) is 32.7. The van der Waals surface area contributed by atoms with Gasteiger partial charge in [0.25, 0.3) is 0 Å². The van der Waals surface area contributed by atoms with Gasteiger partial charge in [-0.1, -0.05) is 233 Å². The first-order valence-electron chi connectivity index (χ1n) is 36.7. The Balaban J connectivity index is 0.000000140. The van der Waals surface area contributed by atoms with Crippen molar-refractivity contribution in [3.8, 4) is 0 Å². The molecule has 14 nitrogen and oxygen atoms in total. The molecule has 0 atom stereocenters. The van der Waals surface area contributed by atoms with Crippen molar-refractivity contribution in [3.63, 3.8) is 0 Å². The summed E-state index contributed by atoms with van der Waals surface area (Å²) in [4.78, 5) is 37.0. The normalized spacial score (nSPS) is 12.5. The van der Waals surface area contributed by atoms with Crippen molar-refractivity contribution in [1.29, 1.82) is 0 Å².